The van der Waals surface area contributed by atoms with Gasteiger partial charge in [-0.1, -0.05) is 20.8 Å². The lowest BCUT2D eigenvalue weighted by Crippen LogP contribution is -2.63. The molecule has 1 aromatic heterocycles. The first-order chi connectivity index (χ1) is 8.86. The topological polar surface area (TPSA) is 54.5 Å². The first-order valence-corrected chi connectivity index (χ1v) is 7.38. The van der Waals surface area contributed by atoms with Crippen LogP contribution in [0.2, 0.25) is 0 Å². The number of nitrogens with one attached hydrogen (secondary N) is 1. The van der Waals surface area contributed by atoms with Gasteiger partial charge in [-0.3, -0.25) is 4.90 Å². The van der Waals surface area contributed by atoms with Gasteiger partial charge in [-0.25, -0.2) is 9.78 Å². The average Bonchev–Trinajstić information content (AvgIpc) is 2.84. The summed E-state index contributed by atoms with van der Waals surface area (Å²) in [5.74, 6) is 0. The molecule has 0 unspecified atom stereocenters. The summed E-state index contributed by atoms with van der Waals surface area (Å²) in [5.41, 5.74) is 0.980. The molecule has 0 radical (unpaired) electrons. The fourth-order valence-corrected chi connectivity index (χ4v) is 3.54. The van der Waals surface area contributed by atoms with Gasteiger partial charge in [0.15, 0.2) is 5.60 Å². The number of ether oxygens (including phenoxy) is 1. The molecule has 2 aliphatic heterocycles. The molecule has 2 fully saturated rings. The highest BCUT2D eigenvalue weighted by atomic mass is 32.1. The molecule has 1 N–H and O–H groups in total. The average molecular weight is 281 g/mol. The Balaban J connectivity index is 1.57. The molecule has 0 aliphatic carbocycles. The number of thiazole rings is 1. The molecule has 1 aromatic rings. The first-order valence-electron chi connectivity index (χ1n) is 6.50. The summed E-state index contributed by atoms with van der Waals surface area (Å²) in [7, 11) is 0. The Kier molecular flexibility index (Phi) is 2.83. The summed E-state index contributed by atoms with van der Waals surface area (Å²) in [5, 5.41) is 6.00. The minimum atomic E-state index is -0.288. The van der Waals surface area contributed by atoms with E-state index in [1.165, 1.54) is 0 Å². The number of hydrogen-bond acceptors (Lipinski definition) is 5. The van der Waals surface area contributed by atoms with Crippen LogP contribution >= 0.6 is 11.3 Å². The second-order valence-electron chi connectivity index (χ2n) is 6.45. The van der Waals surface area contributed by atoms with E-state index in [0.717, 1.165) is 30.3 Å². The molecular formula is C13H19N3O2S. The summed E-state index contributed by atoms with van der Waals surface area (Å²) in [4.78, 5) is 18.0. The maximum absolute atomic E-state index is 11.1. The lowest BCUT2D eigenvalue weighted by atomic mass is 9.93. The Morgan fingerprint density at radius 1 is 1.53 bits per heavy atom. The van der Waals surface area contributed by atoms with Crippen LogP contribution in [0.4, 0.5) is 4.79 Å². The van der Waals surface area contributed by atoms with Gasteiger partial charge in [-0.05, 0) is 0 Å². The Morgan fingerprint density at radius 2 is 2.26 bits per heavy atom. The van der Waals surface area contributed by atoms with Gasteiger partial charge in [0, 0.05) is 23.9 Å². The van der Waals surface area contributed by atoms with E-state index in [2.05, 4.69) is 41.4 Å². The predicted octanol–water partition coefficient (Wildman–Crippen LogP) is 1.73. The SMILES string of the molecule is CC(C)(C)c1csc(CN2CC3(CNC(=O)O3)C2)n1. The van der Waals surface area contributed by atoms with Crippen molar-refractivity contribution in [2.75, 3.05) is 19.6 Å². The minimum Gasteiger partial charge on any atom is -0.438 e. The van der Waals surface area contributed by atoms with Crippen molar-refractivity contribution in [2.24, 2.45) is 0 Å². The van der Waals surface area contributed by atoms with E-state index in [4.69, 9.17) is 4.74 Å². The van der Waals surface area contributed by atoms with Crippen LogP contribution in [0.3, 0.4) is 0 Å². The number of nitrogens with zero attached hydrogens (tertiary/aromatic N) is 2. The number of aromatic nitrogens is 1. The summed E-state index contributed by atoms with van der Waals surface area (Å²) in [6, 6.07) is 0. The molecule has 19 heavy (non-hydrogen) atoms. The van der Waals surface area contributed by atoms with E-state index in [1.807, 2.05) is 0 Å². The van der Waals surface area contributed by atoms with E-state index in [9.17, 15) is 4.79 Å². The van der Waals surface area contributed by atoms with Crippen LogP contribution in [-0.4, -0.2) is 41.2 Å². The lowest BCUT2D eigenvalue weighted by molar-refractivity contribution is -0.0766. The smallest absolute Gasteiger partial charge is 0.407 e. The fraction of sp³-hybridized carbons (Fsp3) is 0.692. The van der Waals surface area contributed by atoms with Crippen LogP contribution in [0.1, 0.15) is 31.5 Å². The molecule has 2 aliphatic rings. The van der Waals surface area contributed by atoms with Crippen molar-refractivity contribution < 1.29 is 9.53 Å². The standard InChI is InChI=1S/C13H19N3O2S/c1-12(2,3)9-5-19-10(15-9)4-16-7-13(8-16)6-14-11(17)18-13/h5H,4,6-8H2,1-3H3,(H,14,17). The van der Waals surface area contributed by atoms with Crippen LogP contribution in [0, 0.1) is 0 Å². The summed E-state index contributed by atoms with van der Waals surface area (Å²) in [6.07, 6.45) is -0.288. The predicted molar refractivity (Wildman–Crippen MR) is 73.3 cm³/mol. The number of rotatable bonds is 2. The van der Waals surface area contributed by atoms with Crippen molar-refractivity contribution in [3.63, 3.8) is 0 Å². The van der Waals surface area contributed by atoms with Gasteiger partial charge in [-0.15, -0.1) is 11.3 Å². The molecule has 1 amide bonds. The third-order valence-electron chi connectivity index (χ3n) is 3.57. The first kappa shape index (κ1) is 12.9. The highest BCUT2D eigenvalue weighted by Crippen LogP contribution is 2.31. The van der Waals surface area contributed by atoms with Gasteiger partial charge in [0.05, 0.1) is 18.8 Å². The zero-order valence-electron chi connectivity index (χ0n) is 11.5. The fourth-order valence-electron chi connectivity index (χ4n) is 2.48. The Morgan fingerprint density at radius 3 is 2.79 bits per heavy atom. The lowest BCUT2D eigenvalue weighted by Gasteiger charge is -2.44. The number of likely N-dealkylation sites (tertiary alicyclic amines) is 1. The zero-order chi connectivity index (χ0) is 13.7. The number of amides is 1. The molecular weight excluding hydrogens is 262 g/mol. The quantitative estimate of drug-likeness (QED) is 0.897. The van der Waals surface area contributed by atoms with Crippen LogP contribution < -0.4 is 5.32 Å². The van der Waals surface area contributed by atoms with Gasteiger partial charge in [0.25, 0.3) is 0 Å². The molecule has 5 nitrogen and oxygen atoms in total. The normalized spacial score (nSPS) is 22.2. The zero-order valence-corrected chi connectivity index (χ0v) is 12.3. The van der Waals surface area contributed by atoms with Crippen molar-refractivity contribution >= 4 is 17.4 Å². The maximum atomic E-state index is 11.1. The van der Waals surface area contributed by atoms with Crippen LogP contribution in [-0.2, 0) is 16.7 Å². The minimum absolute atomic E-state index is 0.107. The molecule has 1 spiro atoms. The van der Waals surface area contributed by atoms with Crippen molar-refractivity contribution in [1.29, 1.82) is 0 Å². The van der Waals surface area contributed by atoms with Gasteiger partial charge in [-0.2, -0.15) is 0 Å². The second-order valence-corrected chi connectivity index (χ2v) is 7.39. The third-order valence-corrected chi connectivity index (χ3v) is 4.40. The monoisotopic (exact) mass is 281 g/mol. The summed E-state index contributed by atoms with van der Waals surface area (Å²) < 4.78 is 5.30. The van der Waals surface area contributed by atoms with Crippen LogP contribution in [0.15, 0.2) is 5.38 Å². The molecule has 0 saturated carbocycles. The van der Waals surface area contributed by atoms with Gasteiger partial charge < -0.3 is 10.1 Å². The summed E-state index contributed by atoms with van der Waals surface area (Å²) in [6.45, 7) is 9.61. The third kappa shape index (κ3) is 2.47. The Bertz CT molecular complexity index is 500. The van der Waals surface area contributed by atoms with Crippen LogP contribution in [0.25, 0.3) is 0 Å². The Labute approximate surface area is 117 Å². The molecule has 6 heteroatoms. The molecule has 0 aromatic carbocycles. The van der Waals surface area contributed by atoms with Crippen molar-refractivity contribution in [3.05, 3.63) is 16.1 Å². The molecule has 0 atom stereocenters. The highest BCUT2D eigenvalue weighted by molar-refractivity contribution is 7.09. The number of carbonyl (C=O) groups excluding carboxylic acids is 1. The van der Waals surface area contributed by atoms with E-state index in [0.29, 0.717) is 6.54 Å². The van der Waals surface area contributed by atoms with Gasteiger partial charge >= 0.3 is 6.09 Å². The largest absolute Gasteiger partial charge is 0.438 e. The van der Waals surface area contributed by atoms with Crippen LogP contribution in [0.5, 0.6) is 0 Å². The highest BCUT2D eigenvalue weighted by Gasteiger charge is 2.50. The van der Waals surface area contributed by atoms with E-state index in [-0.39, 0.29) is 17.1 Å². The number of hydrogen-bond donors (Lipinski definition) is 1. The van der Waals surface area contributed by atoms with Crippen molar-refractivity contribution in [3.8, 4) is 0 Å². The molecule has 104 valence electrons. The Hall–Kier alpha value is -1.14. The maximum Gasteiger partial charge on any atom is 0.407 e. The molecule has 3 heterocycles. The number of alkyl carbamates (subject to hydrolysis) is 1. The van der Waals surface area contributed by atoms with Crippen molar-refractivity contribution in [2.45, 2.75) is 38.3 Å². The summed E-state index contributed by atoms with van der Waals surface area (Å²) >= 11 is 1.71. The van der Waals surface area contributed by atoms with Crippen molar-refractivity contribution in [1.82, 2.24) is 15.2 Å². The van der Waals surface area contributed by atoms with Gasteiger partial charge in [0.1, 0.15) is 5.01 Å². The number of carbonyl (C=O) groups is 1. The van der Waals surface area contributed by atoms with E-state index in [1.54, 1.807) is 11.3 Å². The molecule has 3 rings (SSSR count). The molecule has 0 bridgehead atoms. The van der Waals surface area contributed by atoms with E-state index >= 15 is 0 Å². The second kappa shape index (κ2) is 4.18. The van der Waals surface area contributed by atoms with Gasteiger partial charge in [0.2, 0.25) is 0 Å². The van der Waals surface area contributed by atoms with E-state index < -0.39 is 0 Å². The molecule has 2 saturated heterocycles.